The first-order chi connectivity index (χ1) is 8.99. The van der Waals surface area contributed by atoms with Crippen molar-refractivity contribution >= 4 is 5.78 Å². The third-order valence-electron chi connectivity index (χ3n) is 3.38. The molecule has 19 heavy (non-hydrogen) atoms. The van der Waals surface area contributed by atoms with Gasteiger partial charge in [0.15, 0.2) is 5.78 Å². The second-order valence-corrected chi connectivity index (χ2v) is 5.74. The first-order valence-electron chi connectivity index (χ1n) is 6.64. The fraction of sp³-hybridized carbons (Fsp3) is 0.278. The minimum absolute atomic E-state index is 0.203. The van der Waals surface area contributed by atoms with E-state index in [0.717, 1.165) is 12.0 Å². The van der Waals surface area contributed by atoms with Crippen LogP contribution in [0.2, 0.25) is 0 Å². The van der Waals surface area contributed by atoms with Gasteiger partial charge in [-0.2, -0.15) is 0 Å². The molecule has 0 aliphatic rings. The summed E-state index contributed by atoms with van der Waals surface area (Å²) in [5, 5.41) is 0. The highest BCUT2D eigenvalue weighted by Crippen LogP contribution is 2.27. The molecule has 0 aliphatic carbocycles. The average molecular weight is 252 g/mol. The molecule has 2 aromatic rings. The van der Waals surface area contributed by atoms with Crippen molar-refractivity contribution in [3.05, 3.63) is 71.3 Å². The zero-order chi connectivity index (χ0) is 13.9. The molecule has 0 saturated carbocycles. The molecule has 0 spiro atoms. The summed E-state index contributed by atoms with van der Waals surface area (Å²) < 4.78 is 0. The SMILES string of the molecule is Cc1cccc(CC(C)(C)C(=O)c2ccccc2)c1. The van der Waals surface area contributed by atoms with Crippen LogP contribution in [0.4, 0.5) is 0 Å². The Bertz CT molecular complexity index is 567. The monoisotopic (exact) mass is 252 g/mol. The molecular weight excluding hydrogens is 232 g/mol. The van der Waals surface area contributed by atoms with Crippen LogP contribution in [0, 0.1) is 12.3 Å². The van der Waals surface area contributed by atoms with E-state index in [1.807, 2.05) is 50.2 Å². The molecule has 0 bridgehead atoms. The summed E-state index contributed by atoms with van der Waals surface area (Å²) in [7, 11) is 0. The van der Waals surface area contributed by atoms with Crippen LogP contribution in [0.15, 0.2) is 54.6 Å². The number of hydrogen-bond acceptors (Lipinski definition) is 1. The quantitative estimate of drug-likeness (QED) is 0.735. The Morgan fingerprint density at radius 2 is 1.68 bits per heavy atom. The fourth-order valence-corrected chi connectivity index (χ4v) is 2.39. The van der Waals surface area contributed by atoms with Crippen LogP contribution in [0.25, 0.3) is 0 Å². The van der Waals surface area contributed by atoms with Gasteiger partial charge in [-0.25, -0.2) is 0 Å². The van der Waals surface area contributed by atoms with Crippen molar-refractivity contribution < 1.29 is 4.79 Å². The Kier molecular flexibility index (Phi) is 3.84. The zero-order valence-corrected chi connectivity index (χ0v) is 11.8. The number of ketones is 1. The first-order valence-corrected chi connectivity index (χ1v) is 6.64. The number of hydrogen-bond donors (Lipinski definition) is 0. The minimum Gasteiger partial charge on any atom is -0.294 e. The maximum absolute atomic E-state index is 12.6. The maximum Gasteiger partial charge on any atom is 0.168 e. The van der Waals surface area contributed by atoms with Crippen molar-refractivity contribution in [1.29, 1.82) is 0 Å². The Labute approximate surface area is 115 Å². The number of rotatable bonds is 4. The third kappa shape index (κ3) is 3.31. The number of carbonyl (C=O) groups is 1. The molecule has 0 atom stereocenters. The van der Waals surface area contributed by atoms with Gasteiger partial charge in [-0.1, -0.05) is 74.0 Å². The minimum atomic E-state index is -0.380. The van der Waals surface area contributed by atoms with E-state index in [1.54, 1.807) is 0 Å². The lowest BCUT2D eigenvalue weighted by atomic mass is 9.79. The highest BCUT2D eigenvalue weighted by molar-refractivity contribution is 6.00. The first kappa shape index (κ1) is 13.5. The molecule has 0 saturated heterocycles. The van der Waals surface area contributed by atoms with Gasteiger partial charge in [0.05, 0.1) is 0 Å². The van der Waals surface area contributed by atoms with Crippen LogP contribution < -0.4 is 0 Å². The summed E-state index contributed by atoms with van der Waals surface area (Å²) in [6.45, 7) is 6.12. The summed E-state index contributed by atoms with van der Waals surface area (Å²) in [5.41, 5.74) is 2.87. The fourth-order valence-electron chi connectivity index (χ4n) is 2.39. The number of carbonyl (C=O) groups excluding carboxylic acids is 1. The molecule has 0 heterocycles. The zero-order valence-electron chi connectivity index (χ0n) is 11.8. The predicted molar refractivity (Wildman–Crippen MR) is 79.4 cm³/mol. The van der Waals surface area contributed by atoms with Gasteiger partial charge in [0.25, 0.3) is 0 Å². The summed E-state index contributed by atoms with van der Waals surface area (Å²) >= 11 is 0. The van der Waals surface area contributed by atoms with Crippen LogP contribution in [-0.2, 0) is 6.42 Å². The lowest BCUT2D eigenvalue weighted by Gasteiger charge is -2.23. The lowest BCUT2D eigenvalue weighted by Crippen LogP contribution is -2.26. The molecule has 0 unspecified atom stereocenters. The molecule has 0 N–H and O–H groups in total. The van der Waals surface area contributed by atoms with E-state index in [-0.39, 0.29) is 11.2 Å². The van der Waals surface area contributed by atoms with E-state index in [0.29, 0.717) is 0 Å². The predicted octanol–water partition coefficient (Wildman–Crippen LogP) is 4.45. The van der Waals surface area contributed by atoms with Gasteiger partial charge in [0.2, 0.25) is 0 Å². The van der Waals surface area contributed by atoms with Crippen molar-refractivity contribution in [3.63, 3.8) is 0 Å². The third-order valence-corrected chi connectivity index (χ3v) is 3.38. The Morgan fingerprint density at radius 1 is 1.00 bits per heavy atom. The molecule has 0 aromatic heterocycles. The van der Waals surface area contributed by atoms with Crippen LogP contribution in [-0.4, -0.2) is 5.78 Å². The number of aryl methyl sites for hydroxylation is 1. The van der Waals surface area contributed by atoms with Gasteiger partial charge in [-0.15, -0.1) is 0 Å². The van der Waals surface area contributed by atoms with Gasteiger partial charge >= 0.3 is 0 Å². The van der Waals surface area contributed by atoms with Crippen molar-refractivity contribution in [1.82, 2.24) is 0 Å². The topological polar surface area (TPSA) is 17.1 Å². The van der Waals surface area contributed by atoms with E-state index in [1.165, 1.54) is 11.1 Å². The second-order valence-electron chi connectivity index (χ2n) is 5.74. The molecule has 0 amide bonds. The Hall–Kier alpha value is -1.89. The van der Waals surface area contributed by atoms with Crippen LogP contribution in [0.3, 0.4) is 0 Å². The van der Waals surface area contributed by atoms with Gasteiger partial charge in [0.1, 0.15) is 0 Å². The highest BCUT2D eigenvalue weighted by Gasteiger charge is 2.28. The van der Waals surface area contributed by atoms with Crippen molar-refractivity contribution in [2.75, 3.05) is 0 Å². The number of Topliss-reactive ketones (excluding diaryl/α,β-unsaturated/α-hetero) is 1. The molecule has 1 heteroatoms. The van der Waals surface area contributed by atoms with Crippen LogP contribution >= 0.6 is 0 Å². The van der Waals surface area contributed by atoms with E-state index in [9.17, 15) is 4.79 Å². The smallest absolute Gasteiger partial charge is 0.168 e. The summed E-state index contributed by atoms with van der Waals surface area (Å²) in [6, 6.07) is 17.9. The van der Waals surface area contributed by atoms with E-state index >= 15 is 0 Å². The molecule has 0 aliphatic heterocycles. The van der Waals surface area contributed by atoms with Crippen molar-refractivity contribution in [2.24, 2.45) is 5.41 Å². The van der Waals surface area contributed by atoms with Gasteiger partial charge in [-0.3, -0.25) is 4.79 Å². The van der Waals surface area contributed by atoms with Crippen LogP contribution in [0.1, 0.15) is 35.3 Å². The molecule has 2 rings (SSSR count). The molecule has 0 radical (unpaired) electrons. The van der Waals surface area contributed by atoms with E-state index in [2.05, 4.69) is 25.1 Å². The van der Waals surface area contributed by atoms with Gasteiger partial charge in [-0.05, 0) is 18.9 Å². The second kappa shape index (κ2) is 5.40. The molecule has 2 aromatic carbocycles. The Balaban J connectivity index is 2.21. The van der Waals surface area contributed by atoms with E-state index in [4.69, 9.17) is 0 Å². The summed E-state index contributed by atoms with van der Waals surface area (Å²) in [5.74, 6) is 0.203. The normalized spacial score (nSPS) is 11.3. The standard InChI is InChI=1S/C18H20O/c1-14-8-7-9-15(12-14)13-18(2,3)17(19)16-10-5-4-6-11-16/h4-12H,13H2,1-3H3. The van der Waals surface area contributed by atoms with Crippen molar-refractivity contribution in [3.8, 4) is 0 Å². The summed E-state index contributed by atoms with van der Waals surface area (Å²) in [6.07, 6.45) is 0.766. The maximum atomic E-state index is 12.6. The molecule has 0 fully saturated rings. The highest BCUT2D eigenvalue weighted by atomic mass is 16.1. The Morgan fingerprint density at radius 3 is 2.32 bits per heavy atom. The molecule has 98 valence electrons. The summed E-state index contributed by atoms with van der Waals surface area (Å²) in [4.78, 5) is 12.6. The van der Waals surface area contributed by atoms with E-state index < -0.39 is 0 Å². The largest absolute Gasteiger partial charge is 0.294 e. The molecular formula is C18H20O. The average Bonchev–Trinajstić information content (AvgIpc) is 2.38. The number of benzene rings is 2. The molecule has 1 nitrogen and oxygen atoms in total. The van der Waals surface area contributed by atoms with Crippen molar-refractivity contribution in [2.45, 2.75) is 27.2 Å². The van der Waals surface area contributed by atoms with Crippen LogP contribution in [0.5, 0.6) is 0 Å². The van der Waals surface area contributed by atoms with Gasteiger partial charge < -0.3 is 0 Å². The lowest BCUT2D eigenvalue weighted by molar-refractivity contribution is 0.0837. The van der Waals surface area contributed by atoms with Gasteiger partial charge in [0, 0.05) is 11.0 Å².